The first-order valence-electron chi connectivity index (χ1n) is 8.86. The van der Waals surface area contributed by atoms with E-state index in [4.69, 9.17) is 9.84 Å². The van der Waals surface area contributed by atoms with Crippen molar-refractivity contribution >= 4 is 12.6 Å². The zero-order valence-corrected chi connectivity index (χ0v) is 15.7. The quantitative estimate of drug-likeness (QED) is 0.532. The summed E-state index contributed by atoms with van der Waals surface area (Å²) in [6.07, 6.45) is 1.29. The number of phenols is 1. The van der Waals surface area contributed by atoms with E-state index >= 15 is 0 Å². The van der Waals surface area contributed by atoms with Crippen LogP contribution in [-0.4, -0.2) is 27.9 Å². The maximum atomic E-state index is 10.9. The second-order valence-electron chi connectivity index (χ2n) is 6.02. The van der Waals surface area contributed by atoms with Gasteiger partial charge < -0.3 is 20.1 Å². The van der Waals surface area contributed by atoms with Gasteiger partial charge in [0.15, 0.2) is 12.6 Å². The van der Waals surface area contributed by atoms with E-state index in [-0.39, 0.29) is 24.5 Å². The number of para-hydroxylation sites is 2. The number of carbonyl (C=O) groups is 2. The molecule has 0 atom stereocenters. The van der Waals surface area contributed by atoms with E-state index in [1.807, 2.05) is 30.3 Å². The molecule has 6 heteroatoms. The Balaban J connectivity index is 0.000000234. The molecule has 3 aromatic carbocycles. The van der Waals surface area contributed by atoms with Gasteiger partial charge in [-0.3, -0.25) is 9.59 Å². The number of carbonyl (C=O) groups excluding carboxylic acids is 2. The minimum absolute atomic E-state index is 0.134. The summed E-state index contributed by atoms with van der Waals surface area (Å²) in [6, 6.07) is 19.5. The zero-order valence-electron chi connectivity index (χ0n) is 15.7. The standard InChI is InChI=1S/C15H14O3.C8H8O3/c16-9-13-7-4-8-14(10-17)15(13)18-11-12-5-2-1-3-6-12;9-4-6-2-1-3-7(5-10)8(6)11/h1-9,17H,10-11H2;1-4,10-11H,5H2. The van der Waals surface area contributed by atoms with Crippen LogP contribution in [0.3, 0.4) is 0 Å². The maximum absolute atomic E-state index is 10.9. The molecule has 0 radical (unpaired) electrons. The van der Waals surface area contributed by atoms with Gasteiger partial charge in [-0.25, -0.2) is 0 Å². The van der Waals surface area contributed by atoms with Gasteiger partial charge in [-0.15, -0.1) is 0 Å². The Morgan fingerprint density at radius 3 is 1.90 bits per heavy atom. The molecule has 0 aliphatic heterocycles. The van der Waals surface area contributed by atoms with Crippen molar-refractivity contribution in [2.45, 2.75) is 19.8 Å². The van der Waals surface area contributed by atoms with Crippen LogP contribution in [0.2, 0.25) is 0 Å². The molecule has 0 aromatic heterocycles. The minimum Gasteiger partial charge on any atom is -0.507 e. The van der Waals surface area contributed by atoms with Crippen LogP contribution in [0.1, 0.15) is 37.4 Å². The predicted molar refractivity (Wildman–Crippen MR) is 108 cm³/mol. The number of aliphatic hydroxyl groups is 2. The van der Waals surface area contributed by atoms with Gasteiger partial charge >= 0.3 is 0 Å². The molecule has 3 N–H and O–H groups in total. The summed E-state index contributed by atoms with van der Waals surface area (Å²) in [5.41, 5.74) is 2.67. The molecule has 0 aliphatic carbocycles. The molecule has 0 heterocycles. The number of hydrogen-bond donors (Lipinski definition) is 3. The molecular weight excluding hydrogens is 372 g/mol. The van der Waals surface area contributed by atoms with Gasteiger partial charge in [0.1, 0.15) is 18.1 Å². The summed E-state index contributed by atoms with van der Waals surface area (Å²) in [5, 5.41) is 27.1. The van der Waals surface area contributed by atoms with E-state index in [1.54, 1.807) is 30.3 Å². The first kappa shape index (κ1) is 21.8. The molecule has 0 bridgehead atoms. The second-order valence-corrected chi connectivity index (χ2v) is 6.02. The summed E-state index contributed by atoms with van der Waals surface area (Å²) in [6.45, 7) is -0.0298. The molecule has 29 heavy (non-hydrogen) atoms. The molecule has 3 aromatic rings. The van der Waals surface area contributed by atoms with Crippen LogP contribution in [0.4, 0.5) is 0 Å². The first-order valence-corrected chi connectivity index (χ1v) is 8.86. The lowest BCUT2D eigenvalue weighted by molar-refractivity contribution is 0.111. The van der Waals surface area contributed by atoms with Crippen molar-refractivity contribution in [1.82, 2.24) is 0 Å². The SMILES string of the molecule is O=Cc1cccc(CO)c1O.O=Cc1cccc(CO)c1OCc1ccccc1. The van der Waals surface area contributed by atoms with E-state index in [0.717, 1.165) is 11.8 Å². The number of aromatic hydroxyl groups is 1. The fourth-order valence-corrected chi connectivity index (χ4v) is 2.56. The maximum Gasteiger partial charge on any atom is 0.153 e. The van der Waals surface area contributed by atoms with Crippen molar-refractivity contribution in [2.24, 2.45) is 0 Å². The number of benzene rings is 3. The van der Waals surface area contributed by atoms with Crippen molar-refractivity contribution in [2.75, 3.05) is 0 Å². The molecular formula is C23H22O6. The van der Waals surface area contributed by atoms with Crippen LogP contribution in [-0.2, 0) is 19.8 Å². The molecule has 0 saturated heterocycles. The van der Waals surface area contributed by atoms with Gasteiger partial charge in [0.2, 0.25) is 0 Å². The third-order valence-electron chi connectivity index (χ3n) is 4.10. The number of ether oxygens (including phenoxy) is 1. The van der Waals surface area contributed by atoms with Crippen molar-refractivity contribution in [3.63, 3.8) is 0 Å². The Morgan fingerprint density at radius 1 is 0.724 bits per heavy atom. The highest BCUT2D eigenvalue weighted by Gasteiger charge is 2.08. The third-order valence-corrected chi connectivity index (χ3v) is 4.10. The monoisotopic (exact) mass is 394 g/mol. The number of aliphatic hydroxyl groups excluding tert-OH is 2. The molecule has 0 aliphatic rings. The predicted octanol–water partition coefficient (Wildman–Crippen LogP) is 3.27. The largest absolute Gasteiger partial charge is 0.507 e. The van der Waals surface area contributed by atoms with Gasteiger partial charge in [0.05, 0.1) is 24.3 Å². The minimum atomic E-state index is -0.256. The summed E-state index contributed by atoms with van der Waals surface area (Å²) >= 11 is 0. The van der Waals surface area contributed by atoms with E-state index in [9.17, 15) is 19.8 Å². The number of hydrogen-bond acceptors (Lipinski definition) is 6. The van der Waals surface area contributed by atoms with E-state index in [0.29, 0.717) is 35.3 Å². The third kappa shape index (κ3) is 6.00. The van der Waals surface area contributed by atoms with Gasteiger partial charge in [0, 0.05) is 11.1 Å². The van der Waals surface area contributed by atoms with Crippen LogP contribution < -0.4 is 4.74 Å². The Bertz CT molecular complexity index is 937. The Morgan fingerprint density at radius 2 is 1.31 bits per heavy atom. The molecule has 150 valence electrons. The summed E-state index contributed by atoms with van der Waals surface area (Å²) in [7, 11) is 0. The van der Waals surface area contributed by atoms with Crippen molar-refractivity contribution in [1.29, 1.82) is 0 Å². The molecule has 0 spiro atoms. The van der Waals surface area contributed by atoms with Crippen molar-refractivity contribution < 1.29 is 29.6 Å². The van der Waals surface area contributed by atoms with Crippen LogP contribution >= 0.6 is 0 Å². The van der Waals surface area contributed by atoms with Crippen LogP contribution in [0, 0.1) is 0 Å². The average molecular weight is 394 g/mol. The van der Waals surface area contributed by atoms with Crippen LogP contribution in [0.15, 0.2) is 66.7 Å². The Kier molecular flexibility index (Phi) is 8.56. The Labute approximate surface area is 168 Å². The Hall–Kier alpha value is -3.48. The second kappa shape index (κ2) is 11.4. The molecule has 0 amide bonds. The summed E-state index contributed by atoms with van der Waals surface area (Å²) in [4.78, 5) is 21.2. The van der Waals surface area contributed by atoms with Gasteiger partial charge in [-0.05, 0) is 17.7 Å². The topological polar surface area (TPSA) is 104 Å². The van der Waals surface area contributed by atoms with Crippen molar-refractivity contribution in [3.8, 4) is 11.5 Å². The number of aldehydes is 2. The highest BCUT2D eigenvalue weighted by atomic mass is 16.5. The molecule has 6 nitrogen and oxygen atoms in total. The highest BCUT2D eigenvalue weighted by Crippen LogP contribution is 2.24. The highest BCUT2D eigenvalue weighted by molar-refractivity contribution is 5.80. The van der Waals surface area contributed by atoms with E-state index in [2.05, 4.69) is 0 Å². The molecule has 0 fully saturated rings. The van der Waals surface area contributed by atoms with Gasteiger partial charge in [-0.2, -0.15) is 0 Å². The van der Waals surface area contributed by atoms with E-state index < -0.39 is 0 Å². The van der Waals surface area contributed by atoms with Crippen molar-refractivity contribution in [3.05, 3.63) is 94.5 Å². The lowest BCUT2D eigenvalue weighted by Crippen LogP contribution is -2.01. The smallest absolute Gasteiger partial charge is 0.153 e. The summed E-state index contributed by atoms with van der Waals surface area (Å²) in [5.74, 6) is 0.323. The van der Waals surface area contributed by atoms with Gasteiger partial charge in [-0.1, -0.05) is 54.6 Å². The van der Waals surface area contributed by atoms with Gasteiger partial charge in [0.25, 0.3) is 0 Å². The van der Waals surface area contributed by atoms with E-state index in [1.165, 1.54) is 6.07 Å². The normalized spacial score (nSPS) is 9.86. The zero-order chi connectivity index (χ0) is 21.1. The molecule has 0 saturated carbocycles. The molecule has 0 unspecified atom stereocenters. The first-order chi connectivity index (χ1) is 14.1. The van der Waals surface area contributed by atoms with Crippen LogP contribution in [0.25, 0.3) is 0 Å². The number of rotatable bonds is 7. The lowest BCUT2D eigenvalue weighted by atomic mass is 10.1. The lowest BCUT2D eigenvalue weighted by Gasteiger charge is -2.12. The summed E-state index contributed by atoms with van der Waals surface area (Å²) < 4.78 is 5.64. The van der Waals surface area contributed by atoms with Crippen LogP contribution in [0.5, 0.6) is 11.5 Å². The fraction of sp³-hybridized carbons (Fsp3) is 0.130. The fourth-order valence-electron chi connectivity index (χ4n) is 2.56. The average Bonchev–Trinajstić information content (AvgIpc) is 2.78. The molecule has 3 rings (SSSR count).